The fraction of sp³-hybridized carbons (Fsp3) is 0.333. The number of aromatic nitrogens is 1. The minimum absolute atomic E-state index is 0.0969. The third-order valence-corrected chi connectivity index (χ3v) is 6.68. The van der Waals surface area contributed by atoms with Gasteiger partial charge in [-0.05, 0) is 60.6 Å². The number of anilines is 1. The highest BCUT2D eigenvalue weighted by Crippen LogP contribution is 2.35. The van der Waals surface area contributed by atoms with Crippen molar-refractivity contribution in [3.05, 3.63) is 58.7 Å². The summed E-state index contributed by atoms with van der Waals surface area (Å²) in [5.74, 6) is 1.82. The van der Waals surface area contributed by atoms with E-state index in [1.54, 1.807) is 20.3 Å². The Morgan fingerprint density at radius 2 is 1.97 bits per heavy atom. The van der Waals surface area contributed by atoms with E-state index in [0.29, 0.717) is 46.2 Å². The van der Waals surface area contributed by atoms with Crippen LogP contribution in [0.15, 0.2) is 42.5 Å². The molecule has 0 atom stereocenters. The van der Waals surface area contributed by atoms with Gasteiger partial charge in [0.15, 0.2) is 16.6 Å². The smallest absolute Gasteiger partial charge is 0.274 e. The highest BCUT2D eigenvalue weighted by molar-refractivity contribution is 7.19. The van der Waals surface area contributed by atoms with Crippen LogP contribution in [0.25, 0.3) is 10.4 Å². The van der Waals surface area contributed by atoms with Gasteiger partial charge in [-0.3, -0.25) is 4.79 Å². The second-order valence-electron chi connectivity index (χ2n) is 7.87. The molecule has 168 valence electrons. The topological polar surface area (TPSA) is 77.7 Å². The number of benzene rings is 2. The molecule has 3 aromatic rings. The normalized spacial score (nSPS) is 13.1. The number of methoxy groups -OCH3 is 2. The summed E-state index contributed by atoms with van der Waals surface area (Å²) >= 11 is 7.49. The quantitative estimate of drug-likeness (QED) is 0.466. The molecule has 1 heterocycles. The number of thiazole rings is 1. The monoisotopic (exact) mass is 471 g/mol. The number of nitrogens with two attached hydrogens (primary N) is 1. The van der Waals surface area contributed by atoms with Crippen molar-refractivity contribution in [2.45, 2.75) is 19.3 Å². The van der Waals surface area contributed by atoms with E-state index in [1.807, 2.05) is 41.3 Å². The molecule has 1 amide bonds. The Bertz CT molecular complexity index is 1110. The largest absolute Gasteiger partial charge is 0.493 e. The van der Waals surface area contributed by atoms with E-state index in [2.05, 4.69) is 4.98 Å². The van der Waals surface area contributed by atoms with Gasteiger partial charge in [0.05, 0.1) is 19.1 Å². The van der Waals surface area contributed by atoms with Crippen LogP contribution in [0.5, 0.6) is 11.5 Å². The molecule has 1 aliphatic carbocycles. The molecular formula is C24H26ClN3O3S. The molecule has 1 aromatic heterocycles. The molecule has 0 unspecified atom stereocenters. The SMILES string of the molecule is COc1ccc(CCN(CC2CC2)C(=O)c2nc(N)sc2-c2cccc(Cl)c2)cc1OC. The zero-order valence-corrected chi connectivity index (χ0v) is 19.7. The fourth-order valence-corrected chi connectivity index (χ4v) is 4.66. The van der Waals surface area contributed by atoms with Gasteiger partial charge < -0.3 is 20.1 Å². The first-order valence-corrected chi connectivity index (χ1v) is 11.7. The van der Waals surface area contributed by atoms with Crippen molar-refractivity contribution in [1.82, 2.24) is 9.88 Å². The Morgan fingerprint density at radius 1 is 1.19 bits per heavy atom. The van der Waals surface area contributed by atoms with Crippen molar-refractivity contribution < 1.29 is 14.3 Å². The number of carbonyl (C=O) groups excluding carboxylic acids is 1. The van der Waals surface area contributed by atoms with E-state index in [4.69, 9.17) is 26.8 Å². The van der Waals surface area contributed by atoms with E-state index in [0.717, 1.165) is 35.4 Å². The van der Waals surface area contributed by atoms with Gasteiger partial charge in [-0.15, -0.1) is 0 Å². The zero-order chi connectivity index (χ0) is 22.7. The molecule has 4 rings (SSSR count). The van der Waals surface area contributed by atoms with Crippen molar-refractivity contribution in [3.8, 4) is 21.9 Å². The van der Waals surface area contributed by atoms with Crippen LogP contribution in [0.3, 0.4) is 0 Å². The molecule has 1 saturated carbocycles. The van der Waals surface area contributed by atoms with Crippen molar-refractivity contribution >= 4 is 34.0 Å². The van der Waals surface area contributed by atoms with Gasteiger partial charge >= 0.3 is 0 Å². The Labute approximate surface area is 196 Å². The number of ether oxygens (including phenoxy) is 2. The van der Waals surface area contributed by atoms with Crippen molar-refractivity contribution in [3.63, 3.8) is 0 Å². The van der Waals surface area contributed by atoms with E-state index >= 15 is 0 Å². The highest BCUT2D eigenvalue weighted by Gasteiger charge is 2.30. The van der Waals surface area contributed by atoms with Crippen LogP contribution in [0.1, 0.15) is 28.9 Å². The van der Waals surface area contributed by atoms with Crippen LogP contribution >= 0.6 is 22.9 Å². The zero-order valence-electron chi connectivity index (χ0n) is 18.1. The average molecular weight is 472 g/mol. The number of carbonyl (C=O) groups is 1. The maximum absolute atomic E-state index is 13.6. The lowest BCUT2D eigenvalue weighted by Gasteiger charge is -2.23. The molecule has 1 aliphatic rings. The summed E-state index contributed by atoms with van der Waals surface area (Å²) in [4.78, 5) is 20.6. The fourth-order valence-electron chi connectivity index (χ4n) is 3.64. The summed E-state index contributed by atoms with van der Waals surface area (Å²) in [6.07, 6.45) is 3.01. The minimum atomic E-state index is -0.0969. The number of hydrogen-bond acceptors (Lipinski definition) is 6. The second-order valence-corrected chi connectivity index (χ2v) is 9.34. The standard InChI is InChI=1S/C24H26ClN3O3S/c1-30-19-9-8-15(12-20(19)31-2)10-11-28(14-16-6-7-16)23(29)21-22(32-24(26)27-21)17-4-3-5-18(25)13-17/h3-5,8-9,12-13,16H,6-7,10-11,14H2,1-2H3,(H2,26,27). The van der Waals surface area contributed by atoms with Crippen LogP contribution in [0.2, 0.25) is 5.02 Å². The average Bonchev–Trinajstić information content (AvgIpc) is 3.54. The summed E-state index contributed by atoms with van der Waals surface area (Å²) in [6, 6.07) is 13.3. The third-order valence-electron chi connectivity index (χ3n) is 5.51. The maximum atomic E-state index is 13.6. The summed E-state index contributed by atoms with van der Waals surface area (Å²) in [7, 11) is 3.24. The van der Waals surface area contributed by atoms with E-state index in [1.165, 1.54) is 11.3 Å². The van der Waals surface area contributed by atoms with Crippen molar-refractivity contribution in [2.24, 2.45) is 5.92 Å². The van der Waals surface area contributed by atoms with Gasteiger partial charge in [-0.1, -0.05) is 41.1 Å². The van der Waals surface area contributed by atoms with E-state index in [-0.39, 0.29) is 5.91 Å². The summed E-state index contributed by atoms with van der Waals surface area (Å²) in [5, 5.41) is 0.978. The van der Waals surface area contributed by atoms with Crippen molar-refractivity contribution in [2.75, 3.05) is 33.0 Å². The van der Waals surface area contributed by atoms with Crippen LogP contribution in [-0.4, -0.2) is 43.1 Å². The molecule has 6 nitrogen and oxygen atoms in total. The van der Waals surface area contributed by atoms with Crippen LogP contribution in [0, 0.1) is 5.92 Å². The number of nitrogens with zero attached hydrogens (tertiary/aromatic N) is 2. The molecular weight excluding hydrogens is 446 g/mol. The lowest BCUT2D eigenvalue weighted by atomic mass is 10.1. The molecule has 1 fully saturated rings. The van der Waals surface area contributed by atoms with Gasteiger partial charge in [0, 0.05) is 18.1 Å². The van der Waals surface area contributed by atoms with Crippen LogP contribution < -0.4 is 15.2 Å². The van der Waals surface area contributed by atoms with Crippen LogP contribution in [0.4, 0.5) is 5.13 Å². The summed E-state index contributed by atoms with van der Waals surface area (Å²) in [6.45, 7) is 1.30. The summed E-state index contributed by atoms with van der Waals surface area (Å²) in [5.41, 5.74) is 8.32. The summed E-state index contributed by atoms with van der Waals surface area (Å²) < 4.78 is 10.7. The number of rotatable bonds is 9. The molecule has 8 heteroatoms. The van der Waals surface area contributed by atoms with Gasteiger partial charge in [-0.2, -0.15) is 0 Å². The molecule has 0 aliphatic heterocycles. The Kier molecular flexibility index (Phi) is 6.86. The molecule has 2 aromatic carbocycles. The minimum Gasteiger partial charge on any atom is -0.493 e. The lowest BCUT2D eigenvalue weighted by molar-refractivity contribution is 0.0745. The molecule has 0 spiro atoms. The molecule has 32 heavy (non-hydrogen) atoms. The second kappa shape index (κ2) is 9.79. The Morgan fingerprint density at radius 3 is 2.66 bits per heavy atom. The van der Waals surface area contributed by atoms with E-state index in [9.17, 15) is 4.79 Å². The predicted octanol–water partition coefficient (Wildman–Crippen LogP) is 5.16. The number of halogens is 1. The first-order chi connectivity index (χ1) is 15.5. The first kappa shape index (κ1) is 22.4. The highest BCUT2D eigenvalue weighted by atomic mass is 35.5. The van der Waals surface area contributed by atoms with Gasteiger partial charge in [0.1, 0.15) is 5.69 Å². The molecule has 0 radical (unpaired) electrons. The van der Waals surface area contributed by atoms with Gasteiger partial charge in [0.2, 0.25) is 0 Å². The van der Waals surface area contributed by atoms with Crippen LogP contribution in [-0.2, 0) is 6.42 Å². The Hall–Kier alpha value is -2.77. The number of nitrogen functional groups attached to an aromatic ring is 1. The van der Waals surface area contributed by atoms with Crippen molar-refractivity contribution in [1.29, 1.82) is 0 Å². The predicted molar refractivity (Wildman–Crippen MR) is 129 cm³/mol. The van der Waals surface area contributed by atoms with Gasteiger partial charge in [-0.25, -0.2) is 4.98 Å². The van der Waals surface area contributed by atoms with Gasteiger partial charge in [0.25, 0.3) is 5.91 Å². The third kappa shape index (κ3) is 5.16. The molecule has 2 N–H and O–H groups in total. The molecule has 0 saturated heterocycles. The first-order valence-electron chi connectivity index (χ1n) is 10.5. The Balaban J connectivity index is 1.57. The lowest BCUT2D eigenvalue weighted by Crippen LogP contribution is -2.35. The number of hydrogen-bond donors (Lipinski definition) is 1. The maximum Gasteiger partial charge on any atom is 0.274 e. The van der Waals surface area contributed by atoms with E-state index < -0.39 is 0 Å². The molecule has 0 bridgehead atoms. The number of amides is 1.